The lowest BCUT2D eigenvalue weighted by Gasteiger charge is -2.21. The van der Waals surface area contributed by atoms with Gasteiger partial charge in [0, 0.05) is 11.4 Å². The number of nitrogen functional groups attached to an aromatic ring is 1. The van der Waals surface area contributed by atoms with E-state index in [-0.39, 0.29) is 11.1 Å². The molecule has 0 saturated heterocycles. The topological polar surface area (TPSA) is 52.0 Å². The summed E-state index contributed by atoms with van der Waals surface area (Å²) in [5.74, 6) is -1.65. The van der Waals surface area contributed by atoms with Crippen molar-refractivity contribution in [3.05, 3.63) is 53.3 Å². The molecule has 0 heterocycles. The van der Waals surface area contributed by atoms with Crippen LogP contribution in [-0.2, 0) is 0 Å². The van der Waals surface area contributed by atoms with Crippen LogP contribution >= 0.6 is 0 Å². The standard InChI is InChI=1S/C14H17F3N2/c1-9(3-4-10(2)18)13(14(15,16)17)11-5-7-12(19)8-6-11/h3-8,13H,18-19H2,1-2H3/b9-3+,10-4+. The van der Waals surface area contributed by atoms with E-state index in [1.165, 1.54) is 43.3 Å². The molecule has 0 aromatic heterocycles. The zero-order valence-electron chi connectivity index (χ0n) is 10.8. The summed E-state index contributed by atoms with van der Waals surface area (Å²) in [4.78, 5) is 0. The molecule has 0 fully saturated rings. The second-order valence-electron chi connectivity index (χ2n) is 4.46. The van der Waals surface area contributed by atoms with E-state index in [2.05, 4.69) is 0 Å². The molecule has 1 atom stereocenters. The first-order chi connectivity index (χ1) is 8.71. The molecule has 0 amide bonds. The lowest BCUT2D eigenvalue weighted by atomic mass is 9.91. The number of halogens is 3. The van der Waals surface area contributed by atoms with Crippen molar-refractivity contribution in [2.45, 2.75) is 25.9 Å². The van der Waals surface area contributed by atoms with Gasteiger partial charge in [0.05, 0.1) is 0 Å². The summed E-state index contributed by atoms with van der Waals surface area (Å²) < 4.78 is 39.5. The Hall–Kier alpha value is -1.91. The van der Waals surface area contributed by atoms with E-state index in [9.17, 15) is 13.2 Å². The normalized spacial score (nSPS) is 15.4. The Bertz CT molecular complexity index is 480. The molecule has 1 unspecified atom stereocenters. The molecule has 1 aromatic carbocycles. The molecule has 1 rings (SSSR count). The fourth-order valence-corrected chi connectivity index (χ4v) is 1.76. The number of alkyl halides is 3. The lowest BCUT2D eigenvalue weighted by molar-refractivity contribution is -0.141. The molecule has 0 aliphatic heterocycles. The van der Waals surface area contributed by atoms with Crippen molar-refractivity contribution < 1.29 is 13.2 Å². The minimum atomic E-state index is -4.35. The molecule has 0 aliphatic carbocycles. The maximum Gasteiger partial charge on any atom is 0.399 e. The van der Waals surface area contributed by atoms with Crippen LogP contribution < -0.4 is 11.5 Å². The monoisotopic (exact) mass is 270 g/mol. The van der Waals surface area contributed by atoms with Gasteiger partial charge in [-0.15, -0.1) is 0 Å². The maximum atomic E-state index is 13.2. The van der Waals surface area contributed by atoms with Crippen molar-refractivity contribution in [1.29, 1.82) is 0 Å². The number of anilines is 1. The Morgan fingerprint density at radius 3 is 2.05 bits per heavy atom. The molecule has 1 aromatic rings. The minimum Gasteiger partial charge on any atom is -0.402 e. The van der Waals surface area contributed by atoms with Crippen LogP contribution in [0.5, 0.6) is 0 Å². The Labute approximate surface area is 110 Å². The third-order valence-electron chi connectivity index (χ3n) is 2.66. The second kappa shape index (κ2) is 5.82. The van der Waals surface area contributed by atoms with E-state index in [0.717, 1.165) is 0 Å². The number of allylic oxidation sites excluding steroid dienone is 4. The molecule has 0 bridgehead atoms. The summed E-state index contributed by atoms with van der Waals surface area (Å²) >= 11 is 0. The van der Waals surface area contributed by atoms with Gasteiger partial charge in [-0.1, -0.05) is 23.8 Å². The van der Waals surface area contributed by atoms with Gasteiger partial charge in [0.15, 0.2) is 0 Å². The number of hydrogen-bond acceptors (Lipinski definition) is 2. The van der Waals surface area contributed by atoms with Gasteiger partial charge >= 0.3 is 6.18 Å². The van der Waals surface area contributed by atoms with Crippen molar-refractivity contribution in [2.75, 3.05) is 5.73 Å². The third-order valence-corrected chi connectivity index (χ3v) is 2.66. The second-order valence-corrected chi connectivity index (χ2v) is 4.46. The number of benzene rings is 1. The van der Waals surface area contributed by atoms with Gasteiger partial charge in [-0.2, -0.15) is 13.2 Å². The molecule has 19 heavy (non-hydrogen) atoms. The van der Waals surface area contributed by atoms with Gasteiger partial charge < -0.3 is 11.5 Å². The van der Waals surface area contributed by atoms with E-state index < -0.39 is 12.1 Å². The molecule has 0 aliphatic rings. The predicted octanol–water partition coefficient (Wildman–Crippen LogP) is 3.72. The van der Waals surface area contributed by atoms with Gasteiger partial charge in [0.2, 0.25) is 0 Å². The van der Waals surface area contributed by atoms with Gasteiger partial charge in [-0.25, -0.2) is 0 Å². The van der Waals surface area contributed by atoms with E-state index in [1.807, 2.05) is 0 Å². The summed E-state index contributed by atoms with van der Waals surface area (Å²) in [6.07, 6.45) is -1.50. The van der Waals surface area contributed by atoms with Crippen LogP contribution in [0.15, 0.2) is 47.7 Å². The molecule has 104 valence electrons. The van der Waals surface area contributed by atoms with Crippen molar-refractivity contribution in [1.82, 2.24) is 0 Å². The fourth-order valence-electron chi connectivity index (χ4n) is 1.76. The summed E-state index contributed by atoms with van der Waals surface area (Å²) in [6.45, 7) is 3.06. The highest BCUT2D eigenvalue weighted by Gasteiger charge is 2.41. The average molecular weight is 270 g/mol. The highest BCUT2D eigenvalue weighted by Crippen LogP contribution is 2.40. The van der Waals surface area contributed by atoms with E-state index in [4.69, 9.17) is 11.5 Å². The van der Waals surface area contributed by atoms with E-state index in [0.29, 0.717) is 11.4 Å². The van der Waals surface area contributed by atoms with E-state index >= 15 is 0 Å². The first kappa shape index (κ1) is 15.1. The van der Waals surface area contributed by atoms with Crippen molar-refractivity contribution in [3.63, 3.8) is 0 Å². The highest BCUT2D eigenvalue weighted by molar-refractivity contribution is 5.42. The van der Waals surface area contributed by atoms with Gasteiger partial charge in [-0.3, -0.25) is 0 Å². The lowest BCUT2D eigenvalue weighted by Crippen LogP contribution is -2.22. The molecular formula is C14H17F3N2. The Kier molecular flexibility index (Phi) is 4.64. The Morgan fingerprint density at radius 2 is 1.63 bits per heavy atom. The van der Waals surface area contributed by atoms with Crippen LogP contribution in [-0.4, -0.2) is 6.18 Å². The van der Waals surface area contributed by atoms with Crippen molar-refractivity contribution >= 4 is 5.69 Å². The first-order valence-corrected chi connectivity index (χ1v) is 5.74. The van der Waals surface area contributed by atoms with Crippen LogP contribution in [0.2, 0.25) is 0 Å². The molecule has 4 N–H and O–H groups in total. The largest absolute Gasteiger partial charge is 0.402 e. The molecule has 2 nitrogen and oxygen atoms in total. The fraction of sp³-hybridized carbons (Fsp3) is 0.286. The molecule has 0 saturated carbocycles. The number of rotatable bonds is 3. The predicted molar refractivity (Wildman–Crippen MR) is 71.4 cm³/mol. The molecular weight excluding hydrogens is 253 g/mol. The molecule has 5 heteroatoms. The molecule has 0 radical (unpaired) electrons. The highest BCUT2D eigenvalue weighted by atomic mass is 19.4. The first-order valence-electron chi connectivity index (χ1n) is 5.74. The van der Waals surface area contributed by atoms with Crippen LogP contribution in [0.4, 0.5) is 18.9 Å². The van der Waals surface area contributed by atoms with Gasteiger partial charge in [-0.05, 0) is 37.6 Å². The summed E-state index contributed by atoms with van der Waals surface area (Å²) in [6, 6.07) is 5.71. The van der Waals surface area contributed by atoms with Crippen LogP contribution in [0.3, 0.4) is 0 Å². The Balaban J connectivity index is 3.20. The Morgan fingerprint density at radius 1 is 1.11 bits per heavy atom. The zero-order chi connectivity index (χ0) is 14.6. The van der Waals surface area contributed by atoms with E-state index in [1.54, 1.807) is 6.92 Å². The van der Waals surface area contributed by atoms with Crippen molar-refractivity contribution in [2.24, 2.45) is 5.73 Å². The van der Waals surface area contributed by atoms with Crippen molar-refractivity contribution in [3.8, 4) is 0 Å². The number of hydrogen-bond donors (Lipinski definition) is 2. The molecule has 0 spiro atoms. The van der Waals surface area contributed by atoms with Crippen LogP contribution in [0.1, 0.15) is 25.3 Å². The van der Waals surface area contributed by atoms with Crippen LogP contribution in [0, 0.1) is 0 Å². The quantitative estimate of drug-likeness (QED) is 0.649. The van der Waals surface area contributed by atoms with Gasteiger partial charge in [0.25, 0.3) is 0 Å². The van der Waals surface area contributed by atoms with Crippen LogP contribution in [0.25, 0.3) is 0 Å². The van der Waals surface area contributed by atoms with Gasteiger partial charge in [0.1, 0.15) is 5.92 Å². The summed E-state index contributed by atoms with van der Waals surface area (Å²) in [5.41, 5.74) is 12.2. The minimum absolute atomic E-state index is 0.165. The average Bonchev–Trinajstić information content (AvgIpc) is 2.27. The summed E-state index contributed by atoms with van der Waals surface area (Å²) in [7, 11) is 0. The summed E-state index contributed by atoms with van der Waals surface area (Å²) in [5, 5.41) is 0. The third kappa shape index (κ3) is 4.35. The SMILES string of the molecule is C/C(N)=C\C=C(/C)C(c1ccc(N)cc1)C(F)(F)F. The smallest absolute Gasteiger partial charge is 0.399 e. The number of nitrogens with two attached hydrogens (primary N) is 2. The maximum absolute atomic E-state index is 13.2. The zero-order valence-corrected chi connectivity index (χ0v) is 10.8.